The number of likely N-dealkylation sites (tertiary alicyclic amines) is 1. The molecule has 4 atom stereocenters. The molecular weight excluding hydrogens is 356 g/mol. The molecule has 3 aliphatic heterocycles. The van der Waals surface area contributed by atoms with Gasteiger partial charge in [-0.25, -0.2) is 4.68 Å². The molecule has 28 heavy (non-hydrogen) atoms. The molecule has 5 rings (SSSR count). The fraction of sp³-hybridized carbons (Fsp3) is 0.571. The summed E-state index contributed by atoms with van der Waals surface area (Å²) in [6.07, 6.45) is 0.111. The van der Waals surface area contributed by atoms with E-state index in [2.05, 4.69) is 10.2 Å². The van der Waals surface area contributed by atoms with E-state index in [-0.39, 0.29) is 29.8 Å². The van der Waals surface area contributed by atoms with E-state index < -0.39 is 0 Å². The first-order valence-corrected chi connectivity index (χ1v) is 10.1. The molecule has 1 aromatic heterocycles. The summed E-state index contributed by atoms with van der Waals surface area (Å²) in [5, 5.41) is 13.4. The molecule has 0 amide bonds. The fourth-order valence-electron chi connectivity index (χ4n) is 5.55. The van der Waals surface area contributed by atoms with E-state index >= 15 is 0 Å². The summed E-state index contributed by atoms with van der Waals surface area (Å²) < 4.78 is 10.1. The Hall–Kier alpha value is -1.93. The number of benzene rings is 1. The van der Waals surface area contributed by atoms with Gasteiger partial charge in [-0.3, -0.25) is 14.4 Å². The van der Waals surface area contributed by atoms with Crippen LogP contribution in [0.5, 0.6) is 0 Å². The van der Waals surface area contributed by atoms with E-state index in [1.807, 2.05) is 49.0 Å². The molecule has 7 nitrogen and oxygen atoms in total. The monoisotopic (exact) mass is 384 g/mol. The molecule has 2 aromatic rings. The molecule has 0 aliphatic carbocycles. The summed E-state index contributed by atoms with van der Waals surface area (Å²) in [5.41, 5.74) is 2.52. The highest BCUT2D eigenvalue weighted by Crippen LogP contribution is 2.47. The van der Waals surface area contributed by atoms with Crippen LogP contribution in [0.3, 0.4) is 0 Å². The van der Waals surface area contributed by atoms with Crippen molar-refractivity contribution in [2.24, 2.45) is 18.9 Å². The van der Waals surface area contributed by atoms with E-state index in [1.54, 1.807) is 4.68 Å². The summed E-state index contributed by atoms with van der Waals surface area (Å²) in [4.78, 5) is 15.5. The number of para-hydroxylation sites is 1. The lowest BCUT2D eigenvalue weighted by molar-refractivity contribution is -0.0746. The van der Waals surface area contributed by atoms with Crippen LogP contribution >= 0.6 is 0 Å². The second kappa shape index (κ2) is 6.56. The second-order valence-electron chi connectivity index (χ2n) is 8.51. The largest absolute Gasteiger partial charge is 0.396 e. The van der Waals surface area contributed by atoms with Gasteiger partial charge in [-0.15, -0.1) is 0 Å². The topological polar surface area (TPSA) is 71.7 Å². The van der Waals surface area contributed by atoms with Gasteiger partial charge >= 0.3 is 0 Å². The predicted molar refractivity (Wildman–Crippen MR) is 106 cm³/mol. The Kier molecular flexibility index (Phi) is 4.24. The number of nitrogens with one attached hydrogen (secondary N) is 1. The SMILES string of the molecule is Cc1c(CN2C[C@@H]3[C@H](CO)[C@H]4CNC[C@]3(C2)O4)c(=O)n(-c2ccccc2)n1C. The Labute approximate surface area is 164 Å². The van der Waals surface area contributed by atoms with Crippen LogP contribution in [0.25, 0.3) is 5.69 Å². The Morgan fingerprint density at radius 2 is 2.11 bits per heavy atom. The third kappa shape index (κ3) is 2.54. The van der Waals surface area contributed by atoms with Crippen LogP contribution in [0.15, 0.2) is 35.1 Å². The number of aliphatic hydroxyl groups excluding tert-OH is 1. The van der Waals surface area contributed by atoms with Gasteiger partial charge < -0.3 is 15.2 Å². The predicted octanol–water partition coefficient (Wildman–Crippen LogP) is 0.266. The van der Waals surface area contributed by atoms with Crippen molar-refractivity contribution < 1.29 is 9.84 Å². The average molecular weight is 384 g/mol. The molecular formula is C21H28N4O3. The molecule has 0 unspecified atom stereocenters. The van der Waals surface area contributed by atoms with Crippen LogP contribution in [0, 0.1) is 18.8 Å². The molecule has 7 heteroatoms. The molecule has 0 saturated carbocycles. The van der Waals surface area contributed by atoms with Gasteiger partial charge in [-0.1, -0.05) is 18.2 Å². The molecule has 3 saturated heterocycles. The summed E-state index contributed by atoms with van der Waals surface area (Å²) in [6, 6.07) is 9.76. The summed E-state index contributed by atoms with van der Waals surface area (Å²) >= 11 is 0. The summed E-state index contributed by atoms with van der Waals surface area (Å²) in [7, 11) is 1.94. The number of hydrogen-bond donors (Lipinski definition) is 2. The molecule has 1 spiro atoms. The molecule has 2 N–H and O–H groups in total. The third-order valence-electron chi connectivity index (χ3n) is 7.04. The molecule has 0 radical (unpaired) electrons. The fourth-order valence-corrected chi connectivity index (χ4v) is 5.55. The Morgan fingerprint density at radius 1 is 1.32 bits per heavy atom. The van der Waals surface area contributed by atoms with Crippen LogP contribution in [-0.4, -0.2) is 63.9 Å². The first-order chi connectivity index (χ1) is 13.5. The number of aromatic nitrogens is 2. The van der Waals surface area contributed by atoms with Crippen molar-refractivity contribution in [2.75, 3.05) is 32.8 Å². The average Bonchev–Trinajstić information content (AvgIpc) is 3.20. The van der Waals surface area contributed by atoms with Gasteiger partial charge in [0, 0.05) is 63.9 Å². The summed E-state index contributed by atoms with van der Waals surface area (Å²) in [5.74, 6) is 0.496. The maximum atomic E-state index is 13.2. The number of morpholine rings is 1. The van der Waals surface area contributed by atoms with Crippen molar-refractivity contribution in [3.05, 3.63) is 51.9 Å². The Balaban J connectivity index is 1.43. The zero-order valence-corrected chi connectivity index (χ0v) is 16.5. The van der Waals surface area contributed by atoms with E-state index in [0.717, 1.165) is 43.1 Å². The van der Waals surface area contributed by atoms with Gasteiger partial charge in [0.15, 0.2) is 0 Å². The standard InChI is InChI=1S/C21H28N4O3/c1-14-16(20(27)25(23(14)2)15-6-4-3-5-7-15)9-24-10-18-17(11-26)19-8-22-12-21(18,13-24)28-19/h3-7,17-19,22,26H,8-13H2,1-2H3/t17-,18+,19+,21+/m0/s1. The zero-order chi connectivity index (χ0) is 19.5. The Bertz CT molecular complexity index is 937. The van der Waals surface area contributed by atoms with Crippen molar-refractivity contribution in [3.8, 4) is 5.69 Å². The van der Waals surface area contributed by atoms with E-state index in [1.165, 1.54) is 0 Å². The minimum absolute atomic E-state index is 0.0417. The molecule has 4 heterocycles. The van der Waals surface area contributed by atoms with Crippen LogP contribution in [0.1, 0.15) is 11.3 Å². The van der Waals surface area contributed by atoms with Crippen molar-refractivity contribution in [3.63, 3.8) is 0 Å². The minimum Gasteiger partial charge on any atom is -0.396 e. The number of hydrogen-bond acceptors (Lipinski definition) is 5. The first-order valence-electron chi connectivity index (χ1n) is 10.1. The highest BCUT2D eigenvalue weighted by Gasteiger charge is 2.60. The van der Waals surface area contributed by atoms with Crippen molar-refractivity contribution in [1.29, 1.82) is 0 Å². The lowest BCUT2D eigenvalue weighted by Crippen LogP contribution is -2.52. The lowest BCUT2D eigenvalue weighted by Gasteiger charge is -2.34. The number of fused-ring (bicyclic) bond motifs is 1. The third-order valence-corrected chi connectivity index (χ3v) is 7.04. The number of nitrogens with zero attached hydrogens (tertiary/aromatic N) is 3. The van der Waals surface area contributed by atoms with Gasteiger partial charge in [-0.05, 0) is 19.1 Å². The van der Waals surface area contributed by atoms with Gasteiger partial charge in [0.2, 0.25) is 0 Å². The van der Waals surface area contributed by atoms with Crippen LogP contribution in [0.4, 0.5) is 0 Å². The smallest absolute Gasteiger partial charge is 0.276 e. The molecule has 150 valence electrons. The van der Waals surface area contributed by atoms with Gasteiger partial charge in [-0.2, -0.15) is 0 Å². The summed E-state index contributed by atoms with van der Waals surface area (Å²) in [6.45, 7) is 6.10. The van der Waals surface area contributed by atoms with Gasteiger partial charge in [0.1, 0.15) is 0 Å². The van der Waals surface area contributed by atoms with Gasteiger partial charge in [0.25, 0.3) is 5.56 Å². The zero-order valence-electron chi connectivity index (χ0n) is 16.5. The van der Waals surface area contributed by atoms with E-state index in [0.29, 0.717) is 12.5 Å². The number of aliphatic hydroxyl groups is 1. The van der Waals surface area contributed by atoms with Crippen LogP contribution < -0.4 is 10.9 Å². The minimum atomic E-state index is -0.225. The molecule has 1 aromatic carbocycles. The lowest BCUT2D eigenvalue weighted by atomic mass is 9.83. The highest BCUT2D eigenvalue weighted by atomic mass is 16.5. The number of ether oxygens (including phenoxy) is 1. The maximum Gasteiger partial charge on any atom is 0.276 e. The Morgan fingerprint density at radius 3 is 2.86 bits per heavy atom. The second-order valence-corrected chi connectivity index (χ2v) is 8.51. The highest BCUT2D eigenvalue weighted by molar-refractivity contribution is 5.33. The van der Waals surface area contributed by atoms with E-state index in [4.69, 9.17) is 4.74 Å². The van der Waals surface area contributed by atoms with Crippen LogP contribution in [0.2, 0.25) is 0 Å². The van der Waals surface area contributed by atoms with Crippen LogP contribution in [-0.2, 0) is 18.3 Å². The van der Waals surface area contributed by atoms with Crippen molar-refractivity contribution in [2.45, 2.75) is 25.2 Å². The normalized spacial score (nSPS) is 32.0. The molecule has 3 aliphatic rings. The van der Waals surface area contributed by atoms with E-state index in [9.17, 15) is 9.90 Å². The molecule has 2 bridgehead atoms. The van der Waals surface area contributed by atoms with Gasteiger partial charge in [0.05, 0.1) is 23.0 Å². The van der Waals surface area contributed by atoms with Crippen molar-refractivity contribution >= 4 is 0 Å². The van der Waals surface area contributed by atoms with Crippen molar-refractivity contribution in [1.82, 2.24) is 19.6 Å². The molecule has 3 fully saturated rings. The first kappa shape index (κ1) is 18.1. The maximum absolute atomic E-state index is 13.2. The quantitative estimate of drug-likeness (QED) is 0.792. The number of rotatable bonds is 4.